The maximum Gasteiger partial charge on any atom is 0.341 e. The molecule has 0 saturated carbocycles. The van der Waals surface area contributed by atoms with Gasteiger partial charge in [0.1, 0.15) is 16.9 Å². The number of nitrogens with one attached hydrogen (secondary N) is 1. The molecule has 0 unspecified atom stereocenters. The Morgan fingerprint density at radius 3 is 2.41 bits per heavy atom. The van der Waals surface area contributed by atoms with E-state index < -0.39 is 11.6 Å². The third-order valence-electron chi connectivity index (χ3n) is 4.05. The SMILES string of the molecule is CCCC[C@@](C)(OCC)C(=O)Nc1ccc(OC(C)C)c(C(=O)OCC)c1. The van der Waals surface area contributed by atoms with Crippen LogP contribution in [0.5, 0.6) is 5.75 Å². The Bertz CT molecular complexity index is 629. The molecule has 152 valence electrons. The molecule has 1 amide bonds. The number of anilines is 1. The van der Waals surface area contributed by atoms with Crippen LogP contribution in [-0.2, 0) is 14.3 Å². The van der Waals surface area contributed by atoms with Gasteiger partial charge in [-0.3, -0.25) is 4.79 Å². The quantitative estimate of drug-likeness (QED) is 0.570. The van der Waals surface area contributed by atoms with Gasteiger partial charge in [0.05, 0.1) is 12.7 Å². The van der Waals surface area contributed by atoms with E-state index in [1.807, 2.05) is 20.8 Å². The number of hydrogen-bond acceptors (Lipinski definition) is 5. The van der Waals surface area contributed by atoms with Crippen molar-refractivity contribution in [1.82, 2.24) is 0 Å². The summed E-state index contributed by atoms with van der Waals surface area (Å²) in [7, 11) is 0. The van der Waals surface area contributed by atoms with Crippen LogP contribution in [0.1, 0.15) is 71.2 Å². The lowest BCUT2D eigenvalue weighted by molar-refractivity contribution is -0.139. The molecule has 0 aromatic heterocycles. The molecule has 0 spiro atoms. The Morgan fingerprint density at radius 2 is 1.85 bits per heavy atom. The normalized spacial score (nSPS) is 13.1. The van der Waals surface area contributed by atoms with E-state index in [1.165, 1.54) is 0 Å². The Hall–Kier alpha value is -2.08. The number of rotatable bonds is 11. The summed E-state index contributed by atoms with van der Waals surface area (Å²) in [4.78, 5) is 25.1. The number of benzene rings is 1. The highest BCUT2D eigenvalue weighted by Crippen LogP contribution is 2.27. The molecule has 0 bridgehead atoms. The van der Waals surface area contributed by atoms with Crippen LogP contribution in [0.3, 0.4) is 0 Å². The van der Waals surface area contributed by atoms with E-state index in [0.29, 0.717) is 24.5 Å². The smallest absolute Gasteiger partial charge is 0.341 e. The lowest BCUT2D eigenvalue weighted by Crippen LogP contribution is -2.42. The van der Waals surface area contributed by atoms with E-state index >= 15 is 0 Å². The van der Waals surface area contributed by atoms with Gasteiger partial charge in [-0.2, -0.15) is 0 Å². The first-order valence-electron chi connectivity index (χ1n) is 9.70. The van der Waals surface area contributed by atoms with Crippen LogP contribution in [0.2, 0.25) is 0 Å². The Labute approximate surface area is 162 Å². The van der Waals surface area contributed by atoms with Gasteiger partial charge in [0.15, 0.2) is 0 Å². The molecule has 6 heteroatoms. The molecule has 1 aromatic rings. The predicted octanol–water partition coefficient (Wildman–Crippen LogP) is 4.57. The number of amides is 1. The number of unbranched alkanes of at least 4 members (excludes halogenated alkanes) is 1. The standard InChI is InChI=1S/C21H33NO5/c1-7-10-13-21(6,26-9-3)20(24)22-16-11-12-18(27-15(4)5)17(14-16)19(23)25-8-2/h11-12,14-15H,7-10,13H2,1-6H3,(H,22,24)/t21-/m1/s1. The van der Waals surface area contributed by atoms with Crippen molar-refractivity contribution in [3.05, 3.63) is 23.8 Å². The summed E-state index contributed by atoms with van der Waals surface area (Å²) in [6.45, 7) is 12.0. The van der Waals surface area contributed by atoms with Gasteiger partial charge in [0.2, 0.25) is 0 Å². The van der Waals surface area contributed by atoms with Gasteiger partial charge >= 0.3 is 5.97 Å². The van der Waals surface area contributed by atoms with Crippen molar-refractivity contribution in [3.8, 4) is 5.75 Å². The predicted molar refractivity (Wildman–Crippen MR) is 106 cm³/mol. The minimum Gasteiger partial charge on any atom is -0.490 e. The van der Waals surface area contributed by atoms with Gasteiger partial charge in [-0.15, -0.1) is 0 Å². The number of hydrogen-bond donors (Lipinski definition) is 1. The number of ether oxygens (including phenoxy) is 3. The summed E-state index contributed by atoms with van der Waals surface area (Å²) in [5, 5.41) is 2.87. The first-order chi connectivity index (χ1) is 12.8. The van der Waals surface area contributed by atoms with Gasteiger partial charge in [0, 0.05) is 12.3 Å². The fourth-order valence-corrected chi connectivity index (χ4v) is 2.68. The van der Waals surface area contributed by atoms with Crippen LogP contribution in [0, 0.1) is 0 Å². The van der Waals surface area contributed by atoms with Gasteiger partial charge in [-0.25, -0.2) is 4.79 Å². The molecule has 1 N–H and O–H groups in total. The summed E-state index contributed by atoms with van der Waals surface area (Å²) >= 11 is 0. The van der Waals surface area contributed by atoms with Crippen molar-refractivity contribution < 1.29 is 23.8 Å². The molecule has 0 radical (unpaired) electrons. The minimum atomic E-state index is -0.915. The Morgan fingerprint density at radius 1 is 1.15 bits per heavy atom. The molecule has 0 aliphatic rings. The van der Waals surface area contributed by atoms with Crippen LogP contribution in [0.25, 0.3) is 0 Å². The van der Waals surface area contributed by atoms with Crippen LogP contribution < -0.4 is 10.1 Å². The van der Waals surface area contributed by atoms with Crippen molar-refractivity contribution in [3.63, 3.8) is 0 Å². The molecule has 0 aliphatic carbocycles. The molecule has 0 saturated heterocycles. The summed E-state index contributed by atoms with van der Waals surface area (Å²) in [6, 6.07) is 4.97. The van der Waals surface area contributed by atoms with Crippen LogP contribution >= 0.6 is 0 Å². The molecule has 0 aliphatic heterocycles. The number of esters is 1. The third-order valence-corrected chi connectivity index (χ3v) is 4.05. The zero-order valence-corrected chi connectivity index (χ0v) is 17.4. The number of carbonyl (C=O) groups is 2. The van der Waals surface area contributed by atoms with Gasteiger partial charge in [-0.1, -0.05) is 19.8 Å². The molecule has 1 aromatic carbocycles. The average molecular weight is 379 g/mol. The Kier molecular flexibility index (Phi) is 9.29. The molecular formula is C21H33NO5. The summed E-state index contributed by atoms with van der Waals surface area (Å²) < 4.78 is 16.5. The fraction of sp³-hybridized carbons (Fsp3) is 0.619. The van der Waals surface area contributed by atoms with E-state index in [4.69, 9.17) is 14.2 Å². The van der Waals surface area contributed by atoms with Crippen LogP contribution in [-0.4, -0.2) is 36.8 Å². The second kappa shape index (κ2) is 10.9. The monoisotopic (exact) mass is 379 g/mol. The highest BCUT2D eigenvalue weighted by Gasteiger charge is 2.33. The van der Waals surface area contributed by atoms with E-state index in [2.05, 4.69) is 12.2 Å². The average Bonchev–Trinajstić information content (AvgIpc) is 2.61. The molecule has 0 fully saturated rings. The summed E-state index contributed by atoms with van der Waals surface area (Å²) in [6.07, 6.45) is 2.40. The molecule has 1 rings (SSSR count). The van der Waals surface area contributed by atoms with Gasteiger partial charge in [0.25, 0.3) is 5.91 Å². The zero-order valence-electron chi connectivity index (χ0n) is 17.4. The fourth-order valence-electron chi connectivity index (χ4n) is 2.68. The van der Waals surface area contributed by atoms with Crippen LogP contribution in [0.15, 0.2) is 18.2 Å². The van der Waals surface area contributed by atoms with Crippen molar-refractivity contribution in [2.24, 2.45) is 0 Å². The van der Waals surface area contributed by atoms with Crippen molar-refractivity contribution in [2.75, 3.05) is 18.5 Å². The van der Waals surface area contributed by atoms with Crippen molar-refractivity contribution in [1.29, 1.82) is 0 Å². The van der Waals surface area contributed by atoms with Crippen molar-refractivity contribution in [2.45, 2.75) is 72.5 Å². The topological polar surface area (TPSA) is 73.9 Å². The summed E-state index contributed by atoms with van der Waals surface area (Å²) in [5.74, 6) is -0.284. The van der Waals surface area contributed by atoms with E-state index in [0.717, 1.165) is 12.8 Å². The maximum absolute atomic E-state index is 12.8. The second-order valence-electron chi connectivity index (χ2n) is 6.82. The van der Waals surface area contributed by atoms with E-state index in [1.54, 1.807) is 32.0 Å². The van der Waals surface area contributed by atoms with Crippen molar-refractivity contribution >= 4 is 17.6 Å². The molecule has 0 heterocycles. The highest BCUT2D eigenvalue weighted by molar-refractivity contribution is 5.99. The maximum atomic E-state index is 12.8. The first-order valence-corrected chi connectivity index (χ1v) is 9.70. The minimum absolute atomic E-state index is 0.0890. The van der Waals surface area contributed by atoms with Gasteiger partial charge in [-0.05, 0) is 59.2 Å². The van der Waals surface area contributed by atoms with Gasteiger partial charge < -0.3 is 19.5 Å². The van der Waals surface area contributed by atoms with E-state index in [-0.39, 0.29) is 24.2 Å². The molecular weight excluding hydrogens is 346 g/mol. The largest absolute Gasteiger partial charge is 0.490 e. The zero-order chi connectivity index (χ0) is 20.4. The molecule has 6 nitrogen and oxygen atoms in total. The molecule has 27 heavy (non-hydrogen) atoms. The first kappa shape index (κ1) is 23.0. The highest BCUT2D eigenvalue weighted by atomic mass is 16.5. The van der Waals surface area contributed by atoms with Crippen LogP contribution in [0.4, 0.5) is 5.69 Å². The lowest BCUT2D eigenvalue weighted by Gasteiger charge is -2.28. The summed E-state index contributed by atoms with van der Waals surface area (Å²) in [5.41, 5.74) is -0.126. The van der Waals surface area contributed by atoms with E-state index in [9.17, 15) is 9.59 Å². The molecule has 1 atom stereocenters. The third kappa shape index (κ3) is 6.86. The number of carbonyl (C=O) groups excluding carboxylic acids is 2. The Balaban J connectivity index is 3.09. The lowest BCUT2D eigenvalue weighted by atomic mass is 9.97. The second-order valence-corrected chi connectivity index (χ2v) is 6.82.